The topological polar surface area (TPSA) is 58.6 Å². The third kappa shape index (κ3) is 3.54. The van der Waals surface area contributed by atoms with Crippen LogP contribution < -0.4 is 9.62 Å². The van der Waals surface area contributed by atoms with Crippen LogP contribution in [0.3, 0.4) is 0 Å². The first-order valence-corrected chi connectivity index (χ1v) is 10.7. The molecule has 1 heterocycles. The first-order valence-electron chi connectivity index (χ1n) is 8.80. The van der Waals surface area contributed by atoms with E-state index < -0.39 is 10.0 Å². The summed E-state index contributed by atoms with van der Waals surface area (Å²) in [6.45, 7) is 2.68. The number of nitrogens with zero attached hydrogens (tertiary/aromatic N) is 1. The predicted octanol–water partition coefficient (Wildman–Crippen LogP) is 3.47. The molecule has 2 aliphatic rings. The zero-order valence-corrected chi connectivity index (χ0v) is 15.9. The van der Waals surface area contributed by atoms with Gasteiger partial charge in [-0.1, -0.05) is 17.7 Å². The Labute approximate surface area is 159 Å². The number of rotatable bonds is 4. The van der Waals surface area contributed by atoms with Gasteiger partial charge in [-0.15, -0.1) is 0 Å². The summed E-state index contributed by atoms with van der Waals surface area (Å²) in [5, 5.41) is 0.494. The lowest BCUT2D eigenvalue weighted by Gasteiger charge is -2.30. The quantitative estimate of drug-likeness (QED) is 0.865. The Kier molecular flexibility index (Phi) is 4.82. The fraction of sp³-hybridized carbons (Fsp3) is 0.368. The Morgan fingerprint density at radius 1 is 1.00 bits per heavy atom. The molecule has 0 radical (unpaired) electrons. The van der Waals surface area contributed by atoms with Crippen molar-refractivity contribution in [2.75, 3.05) is 35.9 Å². The van der Waals surface area contributed by atoms with Crippen molar-refractivity contribution >= 4 is 33.0 Å². The van der Waals surface area contributed by atoms with Gasteiger partial charge in [-0.05, 0) is 60.7 Å². The van der Waals surface area contributed by atoms with Gasteiger partial charge in [0, 0.05) is 18.1 Å². The Hall–Kier alpha value is -1.76. The number of sulfonamides is 1. The summed E-state index contributed by atoms with van der Waals surface area (Å²) in [7, 11) is -3.68. The molecule has 1 fully saturated rings. The molecule has 0 amide bonds. The van der Waals surface area contributed by atoms with Gasteiger partial charge in [-0.3, -0.25) is 4.72 Å². The van der Waals surface area contributed by atoms with E-state index in [1.54, 1.807) is 24.3 Å². The average Bonchev–Trinajstić information content (AvgIpc) is 3.10. The average molecular weight is 393 g/mol. The highest BCUT2D eigenvalue weighted by atomic mass is 35.5. The van der Waals surface area contributed by atoms with Crippen LogP contribution in [0.5, 0.6) is 0 Å². The molecule has 0 saturated carbocycles. The molecule has 0 unspecified atom stereocenters. The normalized spacial score (nSPS) is 17.2. The summed E-state index contributed by atoms with van der Waals surface area (Å²) in [4.78, 5) is 2.41. The highest BCUT2D eigenvalue weighted by Gasteiger charge is 2.22. The standard InChI is InChI=1S/C19H21ClN2O3S/c20-16-5-7-19(22-8-10-25-11-9-22)18(13-16)21-26(23,24)17-6-4-14-2-1-3-15(14)12-17/h4-7,12-13,21H,1-3,8-11H2. The Morgan fingerprint density at radius 2 is 1.77 bits per heavy atom. The Morgan fingerprint density at radius 3 is 2.58 bits per heavy atom. The number of hydrogen-bond acceptors (Lipinski definition) is 4. The monoisotopic (exact) mass is 392 g/mol. The largest absolute Gasteiger partial charge is 0.378 e. The number of nitrogens with one attached hydrogen (secondary N) is 1. The van der Waals surface area contributed by atoms with Gasteiger partial charge in [-0.25, -0.2) is 8.42 Å². The molecule has 4 rings (SSSR count). The van der Waals surface area contributed by atoms with E-state index in [4.69, 9.17) is 16.3 Å². The van der Waals surface area contributed by atoms with Crippen molar-refractivity contribution in [3.05, 3.63) is 52.5 Å². The molecule has 1 N–H and O–H groups in total. The van der Waals surface area contributed by atoms with E-state index in [0.717, 1.165) is 43.6 Å². The minimum Gasteiger partial charge on any atom is -0.378 e. The second-order valence-corrected chi connectivity index (χ2v) is 8.77. The fourth-order valence-corrected chi connectivity index (χ4v) is 4.88. The summed E-state index contributed by atoms with van der Waals surface area (Å²) in [6, 6.07) is 10.7. The number of fused-ring (bicyclic) bond motifs is 1. The van der Waals surface area contributed by atoms with Crippen molar-refractivity contribution in [1.82, 2.24) is 0 Å². The molecule has 1 saturated heterocycles. The van der Waals surface area contributed by atoms with Crippen molar-refractivity contribution < 1.29 is 13.2 Å². The smallest absolute Gasteiger partial charge is 0.261 e. The number of hydrogen-bond donors (Lipinski definition) is 1. The SMILES string of the molecule is O=S(=O)(Nc1cc(Cl)ccc1N1CCOCC1)c1ccc2c(c1)CCC2. The number of aryl methyl sites for hydroxylation is 2. The molecule has 0 bridgehead atoms. The third-order valence-corrected chi connectivity index (χ3v) is 6.53. The molecule has 0 aromatic heterocycles. The van der Waals surface area contributed by atoms with Crippen molar-refractivity contribution in [2.24, 2.45) is 0 Å². The van der Waals surface area contributed by atoms with Gasteiger partial charge < -0.3 is 9.64 Å². The zero-order chi connectivity index (χ0) is 18.1. The van der Waals surface area contributed by atoms with Crippen LogP contribution in [-0.4, -0.2) is 34.7 Å². The number of halogens is 1. The summed E-state index contributed by atoms with van der Waals surface area (Å²) >= 11 is 6.13. The molecule has 7 heteroatoms. The summed E-state index contributed by atoms with van der Waals surface area (Å²) in [6.07, 6.45) is 3.05. The minimum atomic E-state index is -3.68. The maximum atomic E-state index is 13.0. The summed E-state index contributed by atoms with van der Waals surface area (Å²) < 4.78 is 34.0. The molecule has 26 heavy (non-hydrogen) atoms. The highest BCUT2D eigenvalue weighted by molar-refractivity contribution is 7.92. The maximum Gasteiger partial charge on any atom is 0.261 e. The van der Waals surface area contributed by atoms with Crippen LogP contribution in [0.4, 0.5) is 11.4 Å². The van der Waals surface area contributed by atoms with E-state index in [1.807, 2.05) is 12.1 Å². The van der Waals surface area contributed by atoms with Gasteiger partial charge in [0.25, 0.3) is 10.0 Å². The Bertz CT molecular complexity index is 924. The summed E-state index contributed by atoms with van der Waals surface area (Å²) in [5.74, 6) is 0. The van der Waals surface area contributed by atoms with Gasteiger partial charge in [-0.2, -0.15) is 0 Å². The van der Waals surface area contributed by atoms with E-state index in [1.165, 1.54) is 5.56 Å². The molecular formula is C19H21ClN2O3S. The molecule has 2 aromatic carbocycles. The first-order chi connectivity index (χ1) is 12.5. The van der Waals surface area contributed by atoms with Crippen LogP contribution in [-0.2, 0) is 27.6 Å². The van der Waals surface area contributed by atoms with E-state index in [0.29, 0.717) is 28.8 Å². The second kappa shape index (κ2) is 7.10. The van der Waals surface area contributed by atoms with E-state index in [-0.39, 0.29) is 0 Å². The summed E-state index contributed by atoms with van der Waals surface area (Å²) in [5.41, 5.74) is 3.70. The van der Waals surface area contributed by atoms with Crippen molar-refractivity contribution in [3.63, 3.8) is 0 Å². The molecule has 5 nitrogen and oxygen atoms in total. The van der Waals surface area contributed by atoms with Crippen LogP contribution in [0.1, 0.15) is 17.5 Å². The van der Waals surface area contributed by atoms with Crippen LogP contribution in [0.15, 0.2) is 41.3 Å². The molecule has 138 valence electrons. The molecule has 0 spiro atoms. The van der Waals surface area contributed by atoms with E-state index in [2.05, 4.69) is 9.62 Å². The van der Waals surface area contributed by atoms with Crippen molar-refractivity contribution in [1.29, 1.82) is 0 Å². The molecule has 1 aliphatic carbocycles. The van der Waals surface area contributed by atoms with E-state index in [9.17, 15) is 8.42 Å². The van der Waals surface area contributed by atoms with Crippen molar-refractivity contribution in [3.8, 4) is 0 Å². The lowest BCUT2D eigenvalue weighted by atomic mass is 10.1. The van der Waals surface area contributed by atoms with E-state index >= 15 is 0 Å². The minimum absolute atomic E-state index is 0.297. The number of morpholine rings is 1. The van der Waals surface area contributed by atoms with Gasteiger partial charge in [0.2, 0.25) is 0 Å². The number of benzene rings is 2. The van der Waals surface area contributed by atoms with Gasteiger partial charge in [0.1, 0.15) is 0 Å². The van der Waals surface area contributed by atoms with Crippen LogP contribution in [0.2, 0.25) is 5.02 Å². The van der Waals surface area contributed by atoms with Gasteiger partial charge >= 0.3 is 0 Å². The Balaban J connectivity index is 1.66. The third-order valence-electron chi connectivity index (χ3n) is 4.93. The lowest BCUT2D eigenvalue weighted by molar-refractivity contribution is 0.123. The first kappa shape index (κ1) is 17.6. The fourth-order valence-electron chi connectivity index (χ4n) is 3.59. The van der Waals surface area contributed by atoms with Crippen LogP contribution in [0.25, 0.3) is 0 Å². The number of anilines is 2. The van der Waals surface area contributed by atoms with Gasteiger partial charge in [0.15, 0.2) is 0 Å². The van der Waals surface area contributed by atoms with Gasteiger partial charge in [0.05, 0.1) is 29.5 Å². The zero-order valence-electron chi connectivity index (χ0n) is 14.4. The van der Waals surface area contributed by atoms with Crippen molar-refractivity contribution in [2.45, 2.75) is 24.2 Å². The highest BCUT2D eigenvalue weighted by Crippen LogP contribution is 2.32. The molecule has 0 atom stereocenters. The molecule has 1 aliphatic heterocycles. The lowest BCUT2D eigenvalue weighted by Crippen LogP contribution is -2.36. The number of ether oxygens (including phenoxy) is 1. The predicted molar refractivity (Wildman–Crippen MR) is 104 cm³/mol. The maximum absolute atomic E-state index is 13.0. The van der Waals surface area contributed by atoms with Crippen LogP contribution >= 0.6 is 11.6 Å². The molecule has 2 aromatic rings. The second-order valence-electron chi connectivity index (χ2n) is 6.65. The van der Waals surface area contributed by atoms with Crippen LogP contribution in [0, 0.1) is 0 Å². The molecular weight excluding hydrogens is 372 g/mol.